The van der Waals surface area contributed by atoms with Crippen LogP contribution in [-0.4, -0.2) is 84.1 Å². The second-order valence-electron chi connectivity index (χ2n) is 11.5. The molecular formula is C33H38N6O3. The summed E-state index contributed by atoms with van der Waals surface area (Å²) in [5, 5.41) is 2.43. The maximum absolute atomic E-state index is 12.5. The van der Waals surface area contributed by atoms with Crippen LogP contribution in [0.4, 0.5) is 5.82 Å². The SMILES string of the molecule is [C-]#[N+]C[C@H]1CN(c2nc(OC[C@@H]3CCCN3C)nc3c2CO[C@@H](c2cccc4cccc(C)c24)C3)CCN1C(=O)C=C. The summed E-state index contributed by atoms with van der Waals surface area (Å²) >= 11 is 0. The van der Waals surface area contributed by atoms with Crippen LogP contribution in [0.15, 0.2) is 49.1 Å². The van der Waals surface area contributed by atoms with E-state index >= 15 is 0 Å². The van der Waals surface area contributed by atoms with E-state index in [9.17, 15) is 4.79 Å². The Kier molecular flexibility index (Phi) is 8.09. The lowest BCUT2D eigenvalue weighted by atomic mass is 9.92. The molecule has 9 heteroatoms. The van der Waals surface area contributed by atoms with E-state index in [1.54, 1.807) is 4.90 Å². The number of ether oxygens (including phenoxy) is 2. The van der Waals surface area contributed by atoms with Gasteiger partial charge in [0.1, 0.15) is 18.5 Å². The van der Waals surface area contributed by atoms with Crippen LogP contribution in [-0.2, 0) is 22.6 Å². The lowest BCUT2D eigenvalue weighted by molar-refractivity contribution is -0.128. The lowest BCUT2D eigenvalue weighted by Gasteiger charge is -2.40. The van der Waals surface area contributed by atoms with Gasteiger partial charge in [-0.3, -0.25) is 4.79 Å². The zero-order valence-electron chi connectivity index (χ0n) is 24.5. The predicted octanol–water partition coefficient (Wildman–Crippen LogP) is 4.35. The van der Waals surface area contributed by atoms with E-state index < -0.39 is 0 Å². The predicted molar refractivity (Wildman–Crippen MR) is 162 cm³/mol. The molecule has 218 valence electrons. The Bertz CT molecular complexity index is 1530. The minimum Gasteiger partial charge on any atom is -0.462 e. The first-order chi connectivity index (χ1) is 20.5. The molecule has 3 aliphatic heterocycles. The first kappa shape index (κ1) is 28.1. The number of piperazine rings is 1. The van der Waals surface area contributed by atoms with Gasteiger partial charge in [-0.25, -0.2) is 6.57 Å². The number of aromatic nitrogens is 2. The number of anilines is 1. The van der Waals surface area contributed by atoms with Crippen LogP contribution >= 0.6 is 0 Å². The fraction of sp³-hybridized carbons (Fsp3) is 0.455. The summed E-state index contributed by atoms with van der Waals surface area (Å²) in [6, 6.07) is 13.2. The molecule has 42 heavy (non-hydrogen) atoms. The Balaban J connectivity index is 1.34. The summed E-state index contributed by atoms with van der Waals surface area (Å²) in [5.41, 5.74) is 4.28. The molecule has 4 heterocycles. The van der Waals surface area contributed by atoms with Crippen molar-refractivity contribution < 1.29 is 14.3 Å². The third-order valence-electron chi connectivity index (χ3n) is 8.97. The number of likely N-dealkylation sites (tertiary alicyclic amines) is 1. The van der Waals surface area contributed by atoms with Crippen molar-refractivity contribution >= 4 is 22.5 Å². The number of hydrogen-bond donors (Lipinski definition) is 0. The fourth-order valence-electron chi connectivity index (χ4n) is 6.66. The second kappa shape index (κ2) is 12.1. The van der Waals surface area contributed by atoms with Crippen LogP contribution in [0.25, 0.3) is 15.6 Å². The molecule has 0 N–H and O–H groups in total. The fourth-order valence-corrected chi connectivity index (χ4v) is 6.66. The van der Waals surface area contributed by atoms with Gasteiger partial charge in [-0.15, -0.1) is 0 Å². The number of hydrogen-bond acceptors (Lipinski definition) is 7. The average Bonchev–Trinajstić information content (AvgIpc) is 3.43. The quantitative estimate of drug-likeness (QED) is 0.311. The minimum atomic E-state index is -0.250. The number of nitrogens with zero attached hydrogens (tertiary/aromatic N) is 6. The molecule has 2 saturated heterocycles. The lowest BCUT2D eigenvalue weighted by Crippen LogP contribution is -2.56. The van der Waals surface area contributed by atoms with Gasteiger partial charge in [0.15, 0.2) is 0 Å². The molecule has 3 aromatic rings. The van der Waals surface area contributed by atoms with Crippen molar-refractivity contribution in [2.75, 3.05) is 51.3 Å². The summed E-state index contributed by atoms with van der Waals surface area (Å²) in [6.07, 6.45) is 4.06. The number of carbonyl (C=O) groups excluding carboxylic acids is 1. The van der Waals surface area contributed by atoms with Gasteiger partial charge in [0.2, 0.25) is 12.5 Å². The molecule has 2 fully saturated rings. The Morgan fingerprint density at radius 3 is 2.79 bits per heavy atom. The Hall–Kier alpha value is -4.00. The van der Waals surface area contributed by atoms with Crippen molar-refractivity contribution in [2.24, 2.45) is 0 Å². The standard InChI is InChI=1S/C33H38N6O3/c1-5-30(40)39-16-15-38(19-25(39)18-34-3)32-27-21-41-29(26-13-7-11-23-10-6-9-22(2)31(23)26)17-28(27)35-33(36-32)42-20-24-12-8-14-37(24)4/h5-7,9-11,13,24-25,29H,1,8,12,14-21H2,2,4H3/t24-,25-,29+/m0/s1. The van der Waals surface area contributed by atoms with E-state index in [1.165, 1.54) is 34.4 Å². The van der Waals surface area contributed by atoms with E-state index in [4.69, 9.17) is 26.0 Å². The highest BCUT2D eigenvalue weighted by molar-refractivity contribution is 5.89. The van der Waals surface area contributed by atoms with Gasteiger partial charge in [-0.2, -0.15) is 9.97 Å². The molecule has 9 nitrogen and oxygen atoms in total. The van der Waals surface area contributed by atoms with Gasteiger partial charge in [0, 0.05) is 37.7 Å². The summed E-state index contributed by atoms with van der Waals surface area (Å²) in [7, 11) is 2.13. The molecule has 0 unspecified atom stereocenters. The molecule has 0 aliphatic carbocycles. The monoisotopic (exact) mass is 566 g/mol. The first-order valence-corrected chi connectivity index (χ1v) is 14.8. The van der Waals surface area contributed by atoms with Crippen molar-refractivity contribution in [2.45, 2.75) is 51.0 Å². The number of rotatable bonds is 7. The molecule has 0 bridgehead atoms. The minimum absolute atomic E-state index is 0.143. The molecule has 6 rings (SSSR count). The number of carbonyl (C=O) groups is 1. The molecule has 0 radical (unpaired) electrons. The Morgan fingerprint density at radius 2 is 2.02 bits per heavy atom. The van der Waals surface area contributed by atoms with E-state index in [0.717, 1.165) is 30.0 Å². The van der Waals surface area contributed by atoms with Crippen molar-refractivity contribution in [1.29, 1.82) is 0 Å². The number of fused-ring (bicyclic) bond motifs is 2. The van der Waals surface area contributed by atoms with Crippen LogP contribution in [0.3, 0.4) is 0 Å². The third kappa shape index (κ3) is 5.44. The zero-order chi connectivity index (χ0) is 29.2. The zero-order valence-corrected chi connectivity index (χ0v) is 24.5. The van der Waals surface area contributed by atoms with Crippen LogP contribution < -0.4 is 9.64 Å². The van der Waals surface area contributed by atoms with E-state index in [-0.39, 0.29) is 24.6 Å². The number of aryl methyl sites for hydroxylation is 1. The number of likely N-dealkylation sites (N-methyl/N-ethyl adjacent to an activating group) is 1. The molecule has 1 amide bonds. The Labute approximate surface area is 247 Å². The summed E-state index contributed by atoms with van der Waals surface area (Å²) < 4.78 is 12.8. The normalized spacial score (nSPS) is 22.5. The van der Waals surface area contributed by atoms with E-state index in [1.807, 2.05) is 0 Å². The summed E-state index contributed by atoms with van der Waals surface area (Å²) in [4.78, 5) is 32.3. The van der Waals surface area contributed by atoms with Crippen molar-refractivity contribution in [3.05, 3.63) is 82.9 Å². The third-order valence-corrected chi connectivity index (χ3v) is 8.97. The second-order valence-corrected chi connectivity index (χ2v) is 11.5. The summed E-state index contributed by atoms with van der Waals surface area (Å²) in [6.45, 7) is 17.1. The molecule has 3 atom stereocenters. The smallest absolute Gasteiger partial charge is 0.318 e. The maximum Gasteiger partial charge on any atom is 0.318 e. The Morgan fingerprint density at radius 1 is 1.19 bits per heavy atom. The topological polar surface area (TPSA) is 75.4 Å². The summed E-state index contributed by atoms with van der Waals surface area (Å²) in [5.74, 6) is 0.636. The van der Waals surface area contributed by atoms with E-state index in [0.29, 0.717) is 51.3 Å². The molecule has 1 aromatic heterocycles. The maximum atomic E-state index is 12.5. The van der Waals surface area contributed by atoms with Crippen LogP contribution in [0.2, 0.25) is 0 Å². The average molecular weight is 567 g/mol. The van der Waals surface area contributed by atoms with E-state index in [2.05, 4.69) is 71.6 Å². The van der Waals surface area contributed by atoms with Crippen molar-refractivity contribution in [1.82, 2.24) is 19.8 Å². The van der Waals surface area contributed by atoms with Gasteiger partial charge < -0.3 is 29.0 Å². The van der Waals surface area contributed by atoms with Gasteiger partial charge in [0.25, 0.3) is 0 Å². The molecule has 0 spiro atoms. The van der Waals surface area contributed by atoms with Gasteiger partial charge in [-0.05, 0) is 61.3 Å². The van der Waals surface area contributed by atoms with Crippen LogP contribution in [0, 0.1) is 13.5 Å². The number of benzene rings is 2. The number of amides is 1. The van der Waals surface area contributed by atoms with Crippen LogP contribution in [0.1, 0.15) is 41.3 Å². The highest BCUT2D eigenvalue weighted by Gasteiger charge is 2.35. The largest absolute Gasteiger partial charge is 0.462 e. The van der Waals surface area contributed by atoms with Crippen LogP contribution in [0.5, 0.6) is 6.01 Å². The van der Waals surface area contributed by atoms with Gasteiger partial charge >= 0.3 is 6.01 Å². The van der Waals surface area contributed by atoms with Crippen molar-refractivity contribution in [3.63, 3.8) is 0 Å². The van der Waals surface area contributed by atoms with Crippen molar-refractivity contribution in [3.8, 4) is 6.01 Å². The molecular weight excluding hydrogens is 528 g/mol. The molecule has 2 aromatic carbocycles. The van der Waals surface area contributed by atoms with Gasteiger partial charge in [-0.1, -0.05) is 43.0 Å². The van der Waals surface area contributed by atoms with Gasteiger partial charge in [0.05, 0.1) is 18.4 Å². The highest BCUT2D eigenvalue weighted by atomic mass is 16.5. The molecule has 3 aliphatic rings. The molecule has 0 saturated carbocycles. The first-order valence-electron chi connectivity index (χ1n) is 14.8. The highest BCUT2D eigenvalue weighted by Crippen LogP contribution is 2.38.